The Morgan fingerprint density at radius 2 is 2.05 bits per heavy atom. The summed E-state index contributed by atoms with van der Waals surface area (Å²) in [6.45, 7) is 2.80. The number of aryl methyl sites for hydroxylation is 1. The third-order valence-corrected chi connectivity index (χ3v) is 5.28. The van der Waals surface area contributed by atoms with Crippen LogP contribution in [0.15, 0.2) is 33.7 Å². The standard InChI is InChI=1S/C16H21N3OS/c1-12-3-5-13(6-4-12)21-10-14-18-15(20-19-14)9-16(11-17)7-2-8-16/h3-6H,2,7-11,17H2,1H3. The van der Waals surface area contributed by atoms with Crippen LogP contribution in [0.3, 0.4) is 0 Å². The van der Waals surface area contributed by atoms with Crippen molar-refractivity contribution in [3.63, 3.8) is 0 Å². The number of nitrogens with zero attached hydrogens (tertiary/aromatic N) is 2. The molecule has 0 amide bonds. The van der Waals surface area contributed by atoms with Crippen molar-refractivity contribution >= 4 is 11.8 Å². The number of rotatable bonds is 6. The molecule has 0 unspecified atom stereocenters. The molecule has 1 aromatic heterocycles. The first-order valence-corrected chi connectivity index (χ1v) is 8.39. The van der Waals surface area contributed by atoms with Gasteiger partial charge in [-0.1, -0.05) is 29.3 Å². The van der Waals surface area contributed by atoms with E-state index >= 15 is 0 Å². The van der Waals surface area contributed by atoms with Crippen molar-refractivity contribution in [2.45, 2.75) is 43.3 Å². The molecule has 112 valence electrons. The Hall–Kier alpha value is -1.33. The highest BCUT2D eigenvalue weighted by Gasteiger charge is 2.37. The molecule has 0 radical (unpaired) electrons. The largest absolute Gasteiger partial charge is 0.339 e. The predicted molar refractivity (Wildman–Crippen MR) is 84.1 cm³/mol. The molecule has 1 aromatic carbocycles. The van der Waals surface area contributed by atoms with Gasteiger partial charge in [0, 0.05) is 11.3 Å². The number of aromatic nitrogens is 2. The van der Waals surface area contributed by atoms with Crippen LogP contribution in [-0.2, 0) is 12.2 Å². The van der Waals surface area contributed by atoms with E-state index in [4.69, 9.17) is 10.3 Å². The third kappa shape index (κ3) is 3.47. The topological polar surface area (TPSA) is 64.9 Å². The van der Waals surface area contributed by atoms with Crippen molar-refractivity contribution in [2.24, 2.45) is 11.1 Å². The molecule has 3 rings (SSSR count). The third-order valence-electron chi connectivity index (χ3n) is 4.27. The number of hydrogen-bond acceptors (Lipinski definition) is 5. The zero-order valence-electron chi connectivity index (χ0n) is 12.3. The van der Waals surface area contributed by atoms with Gasteiger partial charge in [0.15, 0.2) is 5.82 Å². The van der Waals surface area contributed by atoms with E-state index in [1.54, 1.807) is 11.8 Å². The number of benzene rings is 1. The fraction of sp³-hybridized carbons (Fsp3) is 0.500. The van der Waals surface area contributed by atoms with Crippen LogP contribution < -0.4 is 5.73 Å². The Morgan fingerprint density at radius 1 is 1.29 bits per heavy atom. The summed E-state index contributed by atoms with van der Waals surface area (Å²) in [5, 5.41) is 4.08. The first-order chi connectivity index (χ1) is 10.2. The Morgan fingerprint density at radius 3 is 2.67 bits per heavy atom. The quantitative estimate of drug-likeness (QED) is 0.829. The van der Waals surface area contributed by atoms with E-state index < -0.39 is 0 Å². The van der Waals surface area contributed by atoms with Crippen LogP contribution in [0.1, 0.15) is 36.5 Å². The maximum atomic E-state index is 5.88. The smallest absolute Gasteiger partial charge is 0.227 e. The summed E-state index contributed by atoms with van der Waals surface area (Å²) in [7, 11) is 0. The maximum Gasteiger partial charge on any atom is 0.227 e. The minimum Gasteiger partial charge on any atom is -0.339 e. The van der Waals surface area contributed by atoms with Gasteiger partial charge in [-0.25, -0.2) is 0 Å². The van der Waals surface area contributed by atoms with Crippen LogP contribution in [0.4, 0.5) is 0 Å². The molecule has 1 fully saturated rings. The van der Waals surface area contributed by atoms with Gasteiger partial charge >= 0.3 is 0 Å². The first kappa shape index (κ1) is 14.6. The van der Waals surface area contributed by atoms with E-state index in [2.05, 4.69) is 41.3 Å². The van der Waals surface area contributed by atoms with Crippen molar-refractivity contribution in [1.29, 1.82) is 0 Å². The Kier molecular flexibility index (Phi) is 4.31. The zero-order valence-corrected chi connectivity index (χ0v) is 13.2. The average Bonchev–Trinajstić information content (AvgIpc) is 2.90. The summed E-state index contributed by atoms with van der Waals surface area (Å²) >= 11 is 1.73. The van der Waals surface area contributed by atoms with Gasteiger partial charge in [-0.2, -0.15) is 4.98 Å². The lowest BCUT2D eigenvalue weighted by molar-refractivity contribution is 0.129. The van der Waals surface area contributed by atoms with Crippen LogP contribution >= 0.6 is 11.8 Å². The summed E-state index contributed by atoms with van der Waals surface area (Å²) in [5.74, 6) is 2.24. The molecular weight excluding hydrogens is 282 g/mol. The summed E-state index contributed by atoms with van der Waals surface area (Å²) in [6, 6.07) is 8.48. The average molecular weight is 303 g/mol. The molecule has 0 bridgehead atoms. The van der Waals surface area contributed by atoms with E-state index in [-0.39, 0.29) is 5.41 Å². The highest BCUT2D eigenvalue weighted by molar-refractivity contribution is 7.98. The minimum atomic E-state index is 0.216. The minimum absolute atomic E-state index is 0.216. The van der Waals surface area contributed by atoms with E-state index in [1.165, 1.54) is 29.7 Å². The number of nitrogens with two attached hydrogens (primary N) is 1. The van der Waals surface area contributed by atoms with Crippen molar-refractivity contribution in [2.75, 3.05) is 6.54 Å². The monoisotopic (exact) mass is 303 g/mol. The second-order valence-electron chi connectivity index (χ2n) is 5.94. The van der Waals surface area contributed by atoms with Gasteiger partial charge < -0.3 is 10.3 Å². The lowest BCUT2D eigenvalue weighted by Crippen LogP contribution is -2.39. The molecule has 5 heteroatoms. The van der Waals surface area contributed by atoms with E-state index in [0.29, 0.717) is 6.54 Å². The van der Waals surface area contributed by atoms with Gasteiger partial charge in [-0.05, 0) is 43.9 Å². The summed E-state index contributed by atoms with van der Waals surface area (Å²) < 4.78 is 5.38. The van der Waals surface area contributed by atoms with E-state index in [1.807, 2.05) is 0 Å². The van der Waals surface area contributed by atoms with Crippen LogP contribution in [0.2, 0.25) is 0 Å². The van der Waals surface area contributed by atoms with Gasteiger partial charge in [-0.15, -0.1) is 11.8 Å². The Balaban J connectivity index is 1.56. The molecule has 0 aliphatic heterocycles. The summed E-state index contributed by atoms with van der Waals surface area (Å²) in [4.78, 5) is 5.73. The lowest BCUT2D eigenvalue weighted by atomic mass is 9.67. The van der Waals surface area contributed by atoms with Gasteiger partial charge in [0.05, 0.1) is 5.75 Å². The molecule has 1 aliphatic rings. The Bertz CT molecular complexity index is 584. The molecule has 0 spiro atoms. The Labute approximate surface area is 129 Å². The maximum absolute atomic E-state index is 5.88. The predicted octanol–water partition coefficient (Wildman–Crippen LogP) is 3.34. The van der Waals surface area contributed by atoms with E-state index in [0.717, 1.165) is 23.9 Å². The number of hydrogen-bond donors (Lipinski definition) is 1. The fourth-order valence-corrected chi connectivity index (χ4v) is 3.40. The molecule has 1 saturated carbocycles. The molecule has 1 heterocycles. The molecule has 0 atom stereocenters. The highest BCUT2D eigenvalue weighted by Crippen LogP contribution is 2.42. The van der Waals surface area contributed by atoms with Crippen LogP contribution in [0.5, 0.6) is 0 Å². The molecule has 2 N–H and O–H groups in total. The summed E-state index contributed by atoms with van der Waals surface area (Å²) in [5.41, 5.74) is 7.36. The second kappa shape index (κ2) is 6.20. The van der Waals surface area contributed by atoms with Crippen LogP contribution in [0, 0.1) is 12.3 Å². The van der Waals surface area contributed by atoms with Gasteiger partial charge in [0.2, 0.25) is 5.89 Å². The normalized spacial score (nSPS) is 16.7. The fourth-order valence-electron chi connectivity index (χ4n) is 2.65. The van der Waals surface area contributed by atoms with Gasteiger partial charge in [0.25, 0.3) is 0 Å². The van der Waals surface area contributed by atoms with E-state index in [9.17, 15) is 0 Å². The molecular formula is C16H21N3OS. The molecule has 2 aromatic rings. The molecule has 1 aliphatic carbocycles. The zero-order chi connectivity index (χ0) is 14.7. The summed E-state index contributed by atoms with van der Waals surface area (Å²) in [6.07, 6.45) is 4.45. The van der Waals surface area contributed by atoms with Crippen LogP contribution in [-0.4, -0.2) is 16.7 Å². The second-order valence-corrected chi connectivity index (χ2v) is 6.99. The van der Waals surface area contributed by atoms with Gasteiger partial charge in [0.1, 0.15) is 0 Å². The molecule has 4 nitrogen and oxygen atoms in total. The number of thioether (sulfide) groups is 1. The van der Waals surface area contributed by atoms with Crippen molar-refractivity contribution in [3.8, 4) is 0 Å². The molecule has 0 saturated heterocycles. The van der Waals surface area contributed by atoms with Crippen molar-refractivity contribution in [1.82, 2.24) is 10.1 Å². The molecule has 21 heavy (non-hydrogen) atoms. The SMILES string of the molecule is Cc1ccc(SCc2noc(CC3(CN)CCC3)n2)cc1. The highest BCUT2D eigenvalue weighted by atomic mass is 32.2. The van der Waals surface area contributed by atoms with Crippen molar-refractivity contribution in [3.05, 3.63) is 41.5 Å². The lowest BCUT2D eigenvalue weighted by Gasteiger charge is -2.39. The van der Waals surface area contributed by atoms with Gasteiger partial charge in [-0.3, -0.25) is 0 Å². The first-order valence-electron chi connectivity index (χ1n) is 7.40. The van der Waals surface area contributed by atoms with Crippen molar-refractivity contribution < 1.29 is 4.52 Å². The van der Waals surface area contributed by atoms with Crippen LogP contribution in [0.25, 0.3) is 0 Å².